The van der Waals surface area contributed by atoms with Crippen molar-refractivity contribution in [3.8, 4) is 12.3 Å². The van der Waals surface area contributed by atoms with Crippen molar-refractivity contribution in [3.05, 3.63) is 80.4 Å². The summed E-state index contributed by atoms with van der Waals surface area (Å²) in [4.78, 5) is 39.5. The SMILES string of the molecule is C#[N+][C@@]12C[C@]3(N=C)Cc4c(N(C)C)cc(CNCCc5ccccc5)c(O)c4C(O)=C3C(=O)[C@]1(I)C(O)C(C(N)=O)=C(O)C2N(C)C. The molecule has 3 aliphatic carbocycles. The van der Waals surface area contributed by atoms with Gasteiger partial charge in [0, 0.05) is 38.3 Å². The number of aliphatic hydroxyl groups excluding tert-OH is 3. The molecule has 5 rings (SSSR count). The summed E-state index contributed by atoms with van der Waals surface area (Å²) in [6, 6.07) is 10.6. The first kappa shape index (κ1) is 34.4. The molecule has 2 unspecified atom stereocenters. The smallest absolute Gasteiger partial charge is 0.330 e. The van der Waals surface area contributed by atoms with Gasteiger partial charge in [0.25, 0.3) is 12.5 Å². The van der Waals surface area contributed by atoms with Crippen molar-refractivity contribution in [2.45, 2.75) is 52.5 Å². The second-order valence-corrected chi connectivity index (χ2v) is 14.6. The van der Waals surface area contributed by atoms with Crippen LogP contribution < -0.4 is 16.0 Å². The molecule has 0 aliphatic heterocycles. The van der Waals surface area contributed by atoms with Gasteiger partial charge in [-0.15, -0.1) is 0 Å². The predicted molar refractivity (Wildman–Crippen MR) is 190 cm³/mol. The van der Waals surface area contributed by atoms with E-state index in [4.69, 9.17) is 12.3 Å². The summed E-state index contributed by atoms with van der Waals surface area (Å²) in [5.74, 6) is -3.24. The summed E-state index contributed by atoms with van der Waals surface area (Å²) in [6.07, 6.45) is -1.37. The maximum absolute atomic E-state index is 14.9. The fraction of sp³-hybridized carbons (Fsp3) is 0.412. The number of nitrogens with zero attached hydrogens (tertiary/aromatic N) is 4. The molecule has 13 heteroatoms. The number of phenolic OH excluding ortho intramolecular Hbond substituents is 1. The summed E-state index contributed by atoms with van der Waals surface area (Å²) < 4.78 is -2.03. The Morgan fingerprint density at radius 1 is 1.21 bits per heavy atom. The first-order valence-electron chi connectivity index (χ1n) is 15.1. The van der Waals surface area contributed by atoms with Crippen molar-refractivity contribution in [1.29, 1.82) is 0 Å². The maximum Gasteiger partial charge on any atom is 0.330 e. The Labute approximate surface area is 287 Å². The summed E-state index contributed by atoms with van der Waals surface area (Å²) >= 11 is 1.72. The first-order chi connectivity index (χ1) is 22.1. The number of Topliss-reactive ketones (excluding diaryl/α,β-unsaturated/α-hetero) is 1. The van der Waals surface area contributed by atoms with E-state index < -0.39 is 55.4 Å². The zero-order valence-electron chi connectivity index (χ0n) is 26.8. The largest absolute Gasteiger partial charge is 0.510 e. The lowest BCUT2D eigenvalue weighted by Crippen LogP contribution is -2.77. The number of halogens is 1. The third kappa shape index (κ3) is 4.92. The Morgan fingerprint density at radius 3 is 2.43 bits per heavy atom. The molecule has 248 valence electrons. The number of anilines is 1. The summed E-state index contributed by atoms with van der Waals surface area (Å²) in [5, 5.41) is 50.1. The van der Waals surface area contributed by atoms with Crippen molar-refractivity contribution in [2.24, 2.45) is 10.7 Å². The van der Waals surface area contributed by atoms with Gasteiger partial charge in [-0.1, -0.05) is 57.8 Å². The van der Waals surface area contributed by atoms with Crippen molar-refractivity contribution in [2.75, 3.05) is 39.6 Å². The highest BCUT2D eigenvalue weighted by Gasteiger charge is 2.82. The van der Waals surface area contributed by atoms with Gasteiger partial charge in [0.15, 0.2) is 15.2 Å². The molecule has 47 heavy (non-hydrogen) atoms. The van der Waals surface area contributed by atoms with E-state index in [-0.39, 0.29) is 36.3 Å². The lowest BCUT2D eigenvalue weighted by atomic mass is 9.52. The highest BCUT2D eigenvalue weighted by Crippen LogP contribution is 2.62. The maximum atomic E-state index is 14.9. The normalized spacial score (nSPS) is 28.3. The van der Waals surface area contributed by atoms with E-state index in [1.165, 1.54) is 4.90 Å². The molecule has 2 aromatic rings. The number of aromatic hydroxyl groups is 1. The zero-order valence-corrected chi connectivity index (χ0v) is 28.9. The van der Waals surface area contributed by atoms with Crippen LogP contribution in [-0.2, 0) is 29.0 Å². The van der Waals surface area contributed by atoms with Crippen LogP contribution >= 0.6 is 22.6 Å². The molecule has 12 nitrogen and oxygen atoms in total. The third-order valence-corrected chi connectivity index (χ3v) is 11.8. The number of phenols is 1. The zero-order chi connectivity index (χ0) is 34.6. The number of nitrogens with two attached hydrogens (primary N) is 1. The van der Waals surface area contributed by atoms with Crippen LogP contribution in [0.1, 0.15) is 28.7 Å². The minimum Gasteiger partial charge on any atom is -0.510 e. The van der Waals surface area contributed by atoms with Crippen LogP contribution in [0.15, 0.2) is 58.3 Å². The van der Waals surface area contributed by atoms with Gasteiger partial charge in [0.05, 0.1) is 23.1 Å². The Kier molecular flexibility index (Phi) is 8.95. The molecule has 0 heterocycles. The van der Waals surface area contributed by atoms with Gasteiger partial charge < -0.3 is 36.4 Å². The Balaban J connectivity index is 1.69. The van der Waals surface area contributed by atoms with E-state index in [1.807, 2.05) is 55.4 Å². The molecule has 7 N–H and O–H groups in total. The second-order valence-electron chi connectivity index (χ2n) is 12.9. The number of carbonyl (C=O) groups is 2. The third-order valence-electron chi connectivity index (χ3n) is 9.80. The average Bonchev–Trinajstić information content (AvgIpc) is 3.01. The van der Waals surface area contributed by atoms with Crippen LogP contribution in [0.2, 0.25) is 0 Å². The Hall–Kier alpha value is -3.97. The number of aliphatic imine (C=N–C) groups is 1. The Morgan fingerprint density at radius 2 is 1.87 bits per heavy atom. The van der Waals surface area contributed by atoms with Crippen LogP contribution in [0, 0.1) is 6.57 Å². The molecule has 5 atom stereocenters. The van der Waals surface area contributed by atoms with Crippen molar-refractivity contribution in [1.82, 2.24) is 10.2 Å². The van der Waals surface area contributed by atoms with Crippen LogP contribution in [0.4, 0.5) is 5.69 Å². The highest BCUT2D eigenvalue weighted by atomic mass is 127. The fourth-order valence-corrected chi connectivity index (χ4v) is 8.88. The molecule has 1 fully saturated rings. The van der Waals surface area contributed by atoms with Gasteiger partial charge in [0.2, 0.25) is 0 Å². The first-order valence-corrected chi connectivity index (χ1v) is 16.2. The molecule has 0 bridgehead atoms. The Bertz CT molecular complexity index is 1770. The van der Waals surface area contributed by atoms with E-state index in [0.29, 0.717) is 23.4 Å². The lowest BCUT2D eigenvalue weighted by Gasteiger charge is -2.54. The van der Waals surface area contributed by atoms with Crippen molar-refractivity contribution >= 4 is 52.4 Å². The number of likely N-dealkylation sites (N-methyl/N-ethyl adjacent to an activating group) is 1. The number of benzene rings is 2. The molecule has 0 aromatic heterocycles. The van der Waals surface area contributed by atoms with Crippen LogP contribution in [0.3, 0.4) is 0 Å². The van der Waals surface area contributed by atoms with Crippen LogP contribution in [0.25, 0.3) is 10.6 Å². The van der Waals surface area contributed by atoms with E-state index in [9.17, 15) is 30.0 Å². The number of primary amides is 1. The van der Waals surface area contributed by atoms with E-state index in [2.05, 4.69) is 21.9 Å². The number of nitrogens with one attached hydrogen (secondary N) is 1. The number of alkyl halides is 1. The molecular weight excluding hydrogens is 715 g/mol. The van der Waals surface area contributed by atoms with E-state index in [0.717, 1.165) is 12.0 Å². The van der Waals surface area contributed by atoms with E-state index in [1.54, 1.807) is 36.7 Å². The standard InChI is InChI=1S/C34H39IN6O6/c1-37-32-15-20-21(40(3)4)14-19(16-39-13-12-18-10-8-7-9-11-18)25(42)22(20)26(43)24(32)30(46)34(35)29(45)23(31(36)47)27(44)28(41(5)6)33(34,17-32)38-2/h2,7-11,14,28-29,39,45H,1,12-13,15-17H2,3-6H3,(H4-,36,42,43,44,46,47)/p+1/t28?,29?,32-,33-,34-/m1/s1. The van der Waals surface area contributed by atoms with Gasteiger partial charge in [-0.25, -0.2) is 0 Å². The molecule has 0 saturated heterocycles. The number of rotatable bonds is 9. The minimum atomic E-state index is -2.03. The van der Waals surface area contributed by atoms with Crippen LogP contribution in [-0.4, -0.2) is 105 Å². The number of fused-ring (bicyclic) bond motifs is 3. The number of carbonyl (C=O) groups excluding carboxylic acids is 2. The molecule has 0 radical (unpaired) electrons. The van der Waals surface area contributed by atoms with Crippen LogP contribution in [0.5, 0.6) is 5.75 Å². The molecule has 1 saturated carbocycles. The highest BCUT2D eigenvalue weighted by molar-refractivity contribution is 14.1. The minimum absolute atomic E-state index is 0.00709. The predicted octanol–water partition coefficient (Wildman–Crippen LogP) is 2.51. The topological polar surface area (TPSA) is 176 Å². The quantitative estimate of drug-likeness (QED) is 0.0973. The molecule has 3 aliphatic rings. The molecule has 2 aromatic carbocycles. The molecule has 0 spiro atoms. The van der Waals surface area contributed by atoms with Gasteiger partial charge in [0.1, 0.15) is 28.9 Å². The van der Waals surface area contributed by atoms with E-state index >= 15 is 0 Å². The monoisotopic (exact) mass is 755 g/mol. The molecular formula is C34H40IN6O6+. The summed E-state index contributed by atoms with van der Waals surface area (Å²) in [6.45, 7) is 10.9. The summed E-state index contributed by atoms with van der Waals surface area (Å²) in [5.41, 5.74) is 4.46. The van der Waals surface area contributed by atoms with Gasteiger partial charge in [-0.05, 0) is 51.0 Å². The van der Waals surface area contributed by atoms with Gasteiger partial charge >= 0.3 is 5.54 Å². The second kappa shape index (κ2) is 12.2. The number of amides is 1. The van der Waals surface area contributed by atoms with Crippen molar-refractivity contribution in [3.63, 3.8) is 0 Å². The number of hydrogen-bond donors (Lipinski definition) is 6. The molecule has 1 amide bonds. The number of hydrogen-bond acceptors (Lipinski definition) is 10. The number of aliphatic hydroxyl groups is 3. The lowest BCUT2D eigenvalue weighted by molar-refractivity contribution is -0.127. The van der Waals surface area contributed by atoms with Gasteiger partial charge in [-0.3, -0.25) is 19.5 Å². The average molecular weight is 756 g/mol. The summed E-state index contributed by atoms with van der Waals surface area (Å²) in [7, 11) is 6.87. The number of ketones is 1. The fourth-order valence-electron chi connectivity index (χ4n) is 7.67. The van der Waals surface area contributed by atoms with Crippen molar-refractivity contribution < 1.29 is 30.0 Å². The van der Waals surface area contributed by atoms with Gasteiger partial charge in [-0.2, -0.15) is 0 Å².